The van der Waals surface area contributed by atoms with Crippen LogP contribution in [0.25, 0.3) is 0 Å². The van der Waals surface area contributed by atoms with Crippen molar-refractivity contribution in [2.24, 2.45) is 5.92 Å². The van der Waals surface area contributed by atoms with E-state index < -0.39 is 11.9 Å². The van der Waals surface area contributed by atoms with Gasteiger partial charge in [0.15, 0.2) is 0 Å². The third kappa shape index (κ3) is 6.47. The van der Waals surface area contributed by atoms with Crippen molar-refractivity contribution < 1.29 is 14.3 Å². The number of aryl methyl sites for hydroxylation is 1. The first-order valence-corrected chi connectivity index (χ1v) is 7.47. The van der Waals surface area contributed by atoms with Crippen molar-refractivity contribution in [3.05, 3.63) is 23.8 Å². The highest BCUT2D eigenvalue weighted by molar-refractivity contribution is 5.96. The molecule has 0 bridgehead atoms. The molecule has 6 heteroatoms. The first-order valence-electron chi connectivity index (χ1n) is 7.47. The maximum absolute atomic E-state index is 11.7. The molecule has 22 heavy (non-hydrogen) atoms. The van der Waals surface area contributed by atoms with E-state index in [4.69, 9.17) is 4.74 Å². The van der Waals surface area contributed by atoms with Crippen LogP contribution >= 0.6 is 0 Å². The highest BCUT2D eigenvalue weighted by Gasteiger charge is 2.09. The molecule has 0 aliphatic carbocycles. The maximum atomic E-state index is 11.7. The SMILES string of the molecule is CCOc1cc(C)ccc1NCC(=O)NC(=O)NCC(C)C. The predicted octanol–water partition coefficient (Wildman–Crippen LogP) is 2.29. The Kier molecular flexibility index (Phi) is 7.22. The minimum absolute atomic E-state index is 0.00175. The zero-order chi connectivity index (χ0) is 16.5. The molecule has 0 fully saturated rings. The normalized spacial score (nSPS) is 10.2. The molecule has 1 aromatic carbocycles. The molecule has 0 atom stereocenters. The second-order valence-electron chi connectivity index (χ2n) is 5.44. The number of amides is 3. The molecule has 0 aliphatic rings. The Bertz CT molecular complexity index is 515. The van der Waals surface area contributed by atoms with E-state index in [1.165, 1.54) is 0 Å². The Morgan fingerprint density at radius 1 is 1.27 bits per heavy atom. The fraction of sp³-hybridized carbons (Fsp3) is 0.500. The standard InChI is InChI=1S/C16H25N3O3/c1-5-22-14-8-12(4)6-7-13(14)17-10-15(20)19-16(21)18-9-11(2)3/h6-8,11,17H,5,9-10H2,1-4H3,(H2,18,19,20,21). The smallest absolute Gasteiger partial charge is 0.321 e. The third-order valence-electron chi connectivity index (χ3n) is 2.80. The zero-order valence-corrected chi connectivity index (χ0v) is 13.7. The summed E-state index contributed by atoms with van der Waals surface area (Å²) in [4.78, 5) is 23.2. The molecule has 3 N–H and O–H groups in total. The van der Waals surface area contributed by atoms with Crippen LogP contribution in [0, 0.1) is 12.8 Å². The quantitative estimate of drug-likeness (QED) is 0.722. The van der Waals surface area contributed by atoms with Crippen molar-refractivity contribution in [3.63, 3.8) is 0 Å². The number of nitrogens with one attached hydrogen (secondary N) is 3. The molecular formula is C16H25N3O3. The van der Waals surface area contributed by atoms with Gasteiger partial charge in [-0.15, -0.1) is 0 Å². The van der Waals surface area contributed by atoms with Gasteiger partial charge in [-0.3, -0.25) is 10.1 Å². The van der Waals surface area contributed by atoms with Gasteiger partial charge >= 0.3 is 6.03 Å². The number of carbonyl (C=O) groups excluding carboxylic acids is 2. The molecule has 1 aromatic rings. The maximum Gasteiger partial charge on any atom is 0.321 e. The first-order chi connectivity index (χ1) is 10.4. The number of rotatable bonds is 7. The van der Waals surface area contributed by atoms with Crippen LogP contribution < -0.4 is 20.7 Å². The lowest BCUT2D eigenvalue weighted by atomic mass is 10.2. The van der Waals surface area contributed by atoms with Crippen LogP contribution in [0.1, 0.15) is 26.3 Å². The van der Waals surface area contributed by atoms with E-state index in [0.717, 1.165) is 11.3 Å². The van der Waals surface area contributed by atoms with Crippen molar-refractivity contribution in [2.75, 3.05) is 25.0 Å². The molecule has 0 aromatic heterocycles. The Hall–Kier alpha value is -2.24. The van der Waals surface area contributed by atoms with Crippen LogP contribution in [-0.4, -0.2) is 31.6 Å². The van der Waals surface area contributed by atoms with E-state index in [0.29, 0.717) is 24.8 Å². The second-order valence-corrected chi connectivity index (χ2v) is 5.44. The number of hydrogen-bond acceptors (Lipinski definition) is 4. The van der Waals surface area contributed by atoms with Crippen LogP contribution in [0.15, 0.2) is 18.2 Å². The van der Waals surface area contributed by atoms with Gasteiger partial charge in [-0.05, 0) is 37.5 Å². The summed E-state index contributed by atoms with van der Waals surface area (Å²) in [7, 11) is 0. The van der Waals surface area contributed by atoms with Crippen molar-refractivity contribution in [2.45, 2.75) is 27.7 Å². The third-order valence-corrected chi connectivity index (χ3v) is 2.80. The van der Waals surface area contributed by atoms with Crippen molar-refractivity contribution in [1.82, 2.24) is 10.6 Å². The van der Waals surface area contributed by atoms with E-state index >= 15 is 0 Å². The van der Waals surface area contributed by atoms with Gasteiger partial charge in [0.05, 0.1) is 18.8 Å². The number of ether oxygens (including phenoxy) is 1. The minimum atomic E-state index is -0.477. The molecule has 6 nitrogen and oxygen atoms in total. The molecule has 1 rings (SSSR count). The molecule has 0 saturated carbocycles. The average Bonchev–Trinajstić information content (AvgIpc) is 2.44. The molecule has 0 saturated heterocycles. The van der Waals surface area contributed by atoms with Gasteiger partial charge in [-0.25, -0.2) is 4.79 Å². The minimum Gasteiger partial charge on any atom is -0.492 e. The zero-order valence-electron chi connectivity index (χ0n) is 13.7. The Morgan fingerprint density at radius 3 is 2.64 bits per heavy atom. The van der Waals surface area contributed by atoms with Gasteiger partial charge in [-0.1, -0.05) is 19.9 Å². The van der Waals surface area contributed by atoms with Gasteiger partial charge in [0.1, 0.15) is 5.75 Å². The van der Waals surface area contributed by atoms with E-state index in [9.17, 15) is 9.59 Å². The highest BCUT2D eigenvalue weighted by atomic mass is 16.5. The van der Waals surface area contributed by atoms with Crippen molar-refractivity contribution >= 4 is 17.6 Å². The summed E-state index contributed by atoms with van der Waals surface area (Å²) in [6, 6.07) is 5.21. The Balaban J connectivity index is 2.48. The molecule has 0 aliphatic heterocycles. The summed E-state index contributed by atoms with van der Waals surface area (Å²) in [6.45, 7) is 8.90. The lowest BCUT2D eigenvalue weighted by molar-refractivity contribution is -0.118. The van der Waals surface area contributed by atoms with E-state index in [2.05, 4.69) is 16.0 Å². The summed E-state index contributed by atoms with van der Waals surface area (Å²) in [5.41, 5.74) is 1.80. The number of carbonyl (C=O) groups is 2. The lowest BCUT2D eigenvalue weighted by Gasteiger charge is -2.13. The number of benzene rings is 1. The number of urea groups is 1. The van der Waals surface area contributed by atoms with Crippen LogP contribution in [-0.2, 0) is 4.79 Å². The monoisotopic (exact) mass is 307 g/mol. The number of anilines is 1. The molecule has 122 valence electrons. The summed E-state index contributed by atoms with van der Waals surface area (Å²) >= 11 is 0. The molecule has 0 unspecified atom stereocenters. The van der Waals surface area contributed by atoms with Gasteiger partial charge in [0.2, 0.25) is 5.91 Å². The number of imide groups is 1. The van der Waals surface area contributed by atoms with Crippen molar-refractivity contribution in [1.29, 1.82) is 0 Å². The number of hydrogen-bond donors (Lipinski definition) is 3. The summed E-state index contributed by atoms with van der Waals surface area (Å²) in [5.74, 6) is 0.629. The lowest BCUT2D eigenvalue weighted by Crippen LogP contribution is -2.43. The topological polar surface area (TPSA) is 79.5 Å². The van der Waals surface area contributed by atoms with E-state index in [-0.39, 0.29) is 6.54 Å². The first kappa shape index (κ1) is 17.8. The largest absolute Gasteiger partial charge is 0.492 e. The highest BCUT2D eigenvalue weighted by Crippen LogP contribution is 2.25. The van der Waals surface area contributed by atoms with Gasteiger partial charge < -0.3 is 15.4 Å². The summed E-state index contributed by atoms with van der Waals surface area (Å²) in [6.07, 6.45) is 0. The van der Waals surface area contributed by atoms with Gasteiger partial charge in [0, 0.05) is 6.54 Å². The second kappa shape index (κ2) is 8.92. The molecule has 0 heterocycles. The molecule has 0 radical (unpaired) electrons. The van der Waals surface area contributed by atoms with Gasteiger partial charge in [0.25, 0.3) is 0 Å². The van der Waals surface area contributed by atoms with Crippen LogP contribution in [0.3, 0.4) is 0 Å². The van der Waals surface area contributed by atoms with E-state index in [1.807, 2.05) is 45.9 Å². The fourth-order valence-corrected chi connectivity index (χ4v) is 1.74. The predicted molar refractivity (Wildman–Crippen MR) is 87.2 cm³/mol. The van der Waals surface area contributed by atoms with Crippen molar-refractivity contribution in [3.8, 4) is 5.75 Å². The summed E-state index contributed by atoms with van der Waals surface area (Å²) in [5, 5.41) is 7.88. The average molecular weight is 307 g/mol. The van der Waals surface area contributed by atoms with Crippen LogP contribution in [0.2, 0.25) is 0 Å². The Morgan fingerprint density at radius 2 is 2.00 bits per heavy atom. The summed E-state index contributed by atoms with van der Waals surface area (Å²) < 4.78 is 5.52. The van der Waals surface area contributed by atoms with Gasteiger partial charge in [-0.2, -0.15) is 0 Å². The molecule has 3 amide bonds. The molecule has 0 spiro atoms. The Labute approximate surface area is 131 Å². The molecular weight excluding hydrogens is 282 g/mol. The fourth-order valence-electron chi connectivity index (χ4n) is 1.74. The van der Waals surface area contributed by atoms with E-state index in [1.54, 1.807) is 0 Å². The van der Waals surface area contributed by atoms with Crippen LogP contribution in [0.4, 0.5) is 10.5 Å². The van der Waals surface area contributed by atoms with Crippen LogP contribution in [0.5, 0.6) is 5.75 Å².